The standard InChI is InChI=1S/C20H23N3O2S/c1-13(2)19(20-21-16-6-4-5-7-17(16)22-20)23-18(24)12-26-15-10-8-14(25-3)9-11-15/h4-11,13,19H,12H2,1-3H3,(H,21,22)(H,23,24). The van der Waals surface area contributed by atoms with Crippen molar-refractivity contribution in [2.45, 2.75) is 24.8 Å². The van der Waals surface area contributed by atoms with Gasteiger partial charge >= 0.3 is 0 Å². The number of ether oxygens (including phenoxy) is 1. The van der Waals surface area contributed by atoms with Crippen molar-refractivity contribution < 1.29 is 9.53 Å². The van der Waals surface area contributed by atoms with Gasteiger partial charge in [0.2, 0.25) is 5.91 Å². The molecule has 1 heterocycles. The minimum absolute atomic E-state index is 0.00928. The maximum absolute atomic E-state index is 12.4. The number of para-hydroxylation sites is 2. The molecule has 0 saturated heterocycles. The normalized spacial score (nSPS) is 12.3. The van der Waals surface area contributed by atoms with Crippen LogP contribution < -0.4 is 10.1 Å². The summed E-state index contributed by atoms with van der Waals surface area (Å²) in [7, 11) is 1.64. The van der Waals surface area contributed by atoms with Gasteiger partial charge < -0.3 is 15.0 Å². The Morgan fingerprint density at radius 1 is 1.19 bits per heavy atom. The molecule has 1 amide bonds. The second-order valence-electron chi connectivity index (χ2n) is 6.39. The number of hydrogen-bond donors (Lipinski definition) is 2. The van der Waals surface area contributed by atoms with Crippen molar-refractivity contribution in [3.8, 4) is 5.75 Å². The van der Waals surface area contributed by atoms with E-state index in [-0.39, 0.29) is 17.9 Å². The fourth-order valence-electron chi connectivity index (χ4n) is 2.71. The molecule has 136 valence electrons. The average molecular weight is 369 g/mol. The van der Waals surface area contributed by atoms with Crippen molar-refractivity contribution in [3.63, 3.8) is 0 Å². The first-order valence-electron chi connectivity index (χ1n) is 8.57. The number of H-pyrrole nitrogens is 1. The number of hydrogen-bond acceptors (Lipinski definition) is 4. The van der Waals surface area contributed by atoms with Crippen LogP contribution in [0, 0.1) is 5.92 Å². The number of fused-ring (bicyclic) bond motifs is 1. The van der Waals surface area contributed by atoms with E-state index in [0.29, 0.717) is 5.75 Å². The quantitative estimate of drug-likeness (QED) is 0.613. The van der Waals surface area contributed by atoms with Crippen LogP contribution in [0.3, 0.4) is 0 Å². The van der Waals surface area contributed by atoms with Gasteiger partial charge in [-0.15, -0.1) is 11.8 Å². The third-order valence-electron chi connectivity index (χ3n) is 4.11. The van der Waals surface area contributed by atoms with Crippen LogP contribution in [0.4, 0.5) is 0 Å². The molecule has 0 aliphatic carbocycles. The van der Waals surface area contributed by atoms with Crippen LogP contribution in [-0.4, -0.2) is 28.7 Å². The summed E-state index contributed by atoms with van der Waals surface area (Å²) in [5.41, 5.74) is 1.89. The van der Waals surface area contributed by atoms with Gasteiger partial charge in [0.15, 0.2) is 0 Å². The van der Waals surface area contributed by atoms with E-state index in [1.54, 1.807) is 7.11 Å². The second kappa shape index (κ2) is 8.27. The molecule has 0 radical (unpaired) electrons. The van der Waals surface area contributed by atoms with E-state index in [0.717, 1.165) is 27.5 Å². The Kier molecular flexibility index (Phi) is 5.83. The number of nitrogens with one attached hydrogen (secondary N) is 2. The van der Waals surface area contributed by atoms with Gasteiger partial charge in [-0.2, -0.15) is 0 Å². The minimum atomic E-state index is -0.147. The van der Waals surface area contributed by atoms with Gasteiger partial charge in [-0.3, -0.25) is 4.79 Å². The van der Waals surface area contributed by atoms with E-state index in [2.05, 4.69) is 29.1 Å². The van der Waals surface area contributed by atoms with Crippen molar-refractivity contribution in [2.24, 2.45) is 5.92 Å². The molecule has 3 aromatic rings. The molecule has 0 aliphatic rings. The van der Waals surface area contributed by atoms with Gasteiger partial charge in [-0.25, -0.2) is 4.98 Å². The number of imidazole rings is 1. The first-order valence-corrected chi connectivity index (χ1v) is 9.56. The summed E-state index contributed by atoms with van der Waals surface area (Å²) in [5, 5.41) is 3.11. The third kappa shape index (κ3) is 4.38. The van der Waals surface area contributed by atoms with Crippen LogP contribution in [0.5, 0.6) is 5.75 Å². The molecule has 5 nitrogen and oxygen atoms in total. The number of benzene rings is 2. The summed E-state index contributed by atoms with van der Waals surface area (Å²) >= 11 is 1.50. The molecule has 0 saturated carbocycles. The summed E-state index contributed by atoms with van der Waals surface area (Å²) < 4.78 is 5.15. The zero-order chi connectivity index (χ0) is 18.5. The molecule has 0 bridgehead atoms. The molecular weight excluding hydrogens is 346 g/mol. The van der Waals surface area contributed by atoms with E-state index in [1.165, 1.54) is 11.8 Å². The molecule has 1 atom stereocenters. The number of aromatic nitrogens is 2. The number of thioether (sulfide) groups is 1. The number of aromatic amines is 1. The van der Waals surface area contributed by atoms with E-state index in [4.69, 9.17) is 4.74 Å². The number of methoxy groups -OCH3 is 1. The summed E-state index contributed by atoms with van der Waals surface area (Å²) in [6.45, 7) is 4.16. The maximum Gasteiger partial charge on any atom is 0.230 e. The molecule has 26 heavy (non-hydrogen) atoms. The first kappa shape index (κ1) is 18.3. The molecule has 1 unspecified atom stereocenters. The number of nitrogens with zero attached hydrogens (tertiary/aromatic N) is 1. The van der Waals surface area contributed by atoms with Crippen molar-refractivity contribution in [2.75, 3.05) is 12.9 Å². The lowest BCUT2D eigenvalue weighted by Crippen LogP contribution is -2.33. The Morgan fingerprint density at radius 2 is 1.92 bits per heavy atom. The van der Waals surface area contributed by atoms with Gasteiger partial charge in [0.1, 0.15) is 11.6 Å². The first-order chi connectivity index (χ1) is 12.6. The molecular formula is C20H23N3O2S. The van der Waals surface area contributed by atoms with E-state index < -0.39 is 0 Å². The van der Waals surface area contributed by atoms with Gasteiger partial charge in [0, 0.05) is 4.90 Å². The zero-order valence-corrected chi connectivity index (χ0v) is 16.0. The third-order valence-corrected chi connectivity index (χ3v) is 5.13. The topological polar surface area (TPSA) is 67.0 Å². The van der Waals surface area contributed by atoms with E-state index in [1.807, 2.05) is 48.5 Å². The van der Waals surface area contributed by atoms with Gasteiger partial charge in [0.25, 0.3) is 0 Å². The summed E-state index contributed by atoms with van der Waals surface area (Å²) in [4.78, 5) is 21.4. The Hall–Kier alpha value is -2.47. The molecule has 2 N–H and O–H groups in total. The van der Waals surface area contributed by atoms with Crippen molar-refractivity contribution >= 4 is 28.7 Å². The van der Waals surface area contributed by atoms with Crippen molar-refractivity contribution in [1.29, 1.82) is 0 Å². The van der Waals surface area contributed by atoms with Crippen LogP contribution in [0.2, 0.25) is 0 Å². The summed E-state index contributed by atoms with van der Waals surface area (Å²) in [6.07, 6.45) is 0. The Balaban J connectivity index is 1.64. The lowest BCUT2D eigenvalue weighted by Gasteiger charge is -2.20. The average Bonchev–Trinajstić information content (AvgIpc) is 3.08. The molecule has 0 aliphatic heterocycles. The van der Waals surface area contributed by atoms with Crippen LogP contribution in [0.1, 0.15) is 25.7 Å². The smallest absolute Gasteiger partial charge is 0.230 e. The van der Waals surface area contributed by atoms with Crippen molar-refractivity contribution in [3.05, 3.63) is 54.4 Å². The summed E-state index contributed by atoms with van der Waals surface area (Å²) in [5.74, 6) is 2.18. The molecule has 0 fully saturated rings. The fraction of sp³-hybridized carbons (Fsp3) is 0.300. The van der Waals surface area contributed by atoms with Crippen molar-refractivity contribution in [1.82, 2.24) is 15.3 Å². The lowest BCUT2D eigenvalue weighted by atomic mass is 10.0. The van der Waals surface area contributed by atoms with Gasteiger partial charge in [-0.05, 0) is 42.3 Å². The highest BCUT2D eigenvalue weighted by atomic mass is 32.2. The fourth-order valence-corrected chi connectivity index (χ4v) is 3.42. The predicted octanol–water partition coefficient (Wildman–Crippen LogP) is 4.18. The highest BCUT2D eigenvalue weighted by Gasteiger charge is 2.21. The van der Waals surface area contributed by atoms with Crippen LogP contribution >= 0.6 is 11.8 Å². The number of rotatable bonds is 7. The Labute approximate surface area is 157 Å². The number of carbonyl (C=O) groups excluding carboxylic acids is 1. The highest BCUT2D eigenvalue weighted by molar-refractivity contribution is 8.00. The molecule has 0 spiro atoms. The van der Waals surface area contributed by atoms with Crippen LogP contribution in [0.15, 0.2) is 53.4 Å². The number of amides is 1. The summed E-state index contributed by atoms with van der Waals surface area (Å²) in [6, 6.07) is 15.4. The lowest BCUT2D eigenvalue weighted by molar-refractivity contribution is -0.119. The van der Waals surface area contributed by atoms with Gasteiger partial charge in [-0.1, -0.05) is 26.0 Å². The zero-order valence-electron chi connectivity index (χ0n) is 15.2. The predicted molar refractivity (Wildman–Crippen MR) is 106 cm³/mol. The van der Waals surface area contributed by atoms with Gasteiger partial charge in [0.05, 0.1) is 29.9 Å². The van der Waals surface area contributed by atoms with Crippen LogP contribution in [-0.2, 0) is 4.79 Å². The van der Waals surface area contributed by atoms with E-state index >= 15 is 0 Å². The molecule has 1 aromatic heterocycles. The Bertz CT molecular complexity index is 841. The SMILES string of the molecule is COc1ccc(SCC(=O)NC(c2nc3ccccc3[nH]2)C(C)C)cc1. The number of carbonyl (C=O) groups is 1. The maximum atomic E-state index is 12.4. The second-order valence-corrected chi connectivity index (χ2v) is 7.44. The van der Waals surface area contributed by atoms with E-state index in [9.17, 15) is 4.79 Å². The molecule has 2 aromatic carbocycles. The Morgan fingerprint density at radius 3 is 2.58 bits per heavy atom. The largest absolute Gasteiger partial charge is 0.497 e. The monoisotopic (exact) mass is 369 g/mol. The minimum Gasteiger partial charge on any atom is -0.497 e. The molecule has 6 heteroatoms. The molecule has 3 rings (SSSR count). The van der Waals surface area contributed by atoms with Crippen LogP contribution in [0.25, 0.3) is 11.0 Å². The highest BCUT2D eigenvalue weighted by Crippen LogP contribution is 2.24.